The fourth-order valence-corrected chi connectivity index (χ4v) is 1.82. The van der Waals surface area contributed by atoms with Crippen LogP contribution >= 0.6 is 0 Å². The highest BCUT2D eigenvalue weighted by Crippen LogP contribution is 2.29. The number of rotatable bonds is 6. The van der Waals surface area contributed by atoms with Gasteiger partial charge in [0.1, 0.15) is 5.75 Å². The molecule has 2 aromatic rings. The van der Waals surface area contributed by atoms with Crippen molar-refractivity contribution in [3.63, 3.8) is 0 Å². The first-order valence-corrected chi connectivity index (χ1v) is 7.21. The van der Waals surface area contributed by atoms with Gasteiger partial charge in [-0.1, -0.05) is 39.8 Å². The number of benzene rings is 1. The first-order valence-electron chi connectivity index (χ1n) is 7.21. The molecule has 0 atom stereocenters. The van der Waals surface area contributed by atoms with Crippen molar-refractivity contribution in [1.29, 1.82) is 0 Å². The largest absolute Gasteiger partial charge is 0.492 e. The minimum atomic E-state index is 0.475. The normalized spacial score (nSPS) is 11.3. The van der Waals surface area contributed by atoms with Crippen LogP contribution in [-0.2, 0) is 0 Å². The highest BCUT2D eigenvalue weighted by atomic mass is 16.5. The summed E-state index contributed by atoms with van der Waals surface area (Å²) in [6.45, 7) is 9.88. The number of fused-ring (bicyclic) bond motifs is 1. The monoisotopic (exact) mass is 273 g/mol. The summed E-state index contributed by atoms with van der Waals surface area (Å²) in [5, 5.41) is 1.03. The molecule has 0 aliphatic heterocycles. The molecule has 0 aliphatic carbocycles. The smallest absolute Gasteiger partial charge is 0.217 e. The molecule has 3 heteroatoms. The zero-order chi connectivity index (χ0) is 14.5. The molecule has 0 amide bonds. The summed E-state index contributed by atoms with van der Waals surface area (Å²) in [6, 6.07) is 9.89. The molecule has 108 valence electrons. The minimum Gasteiger partial charge on any atom is -0.492 e. The maximum absolute atomic E-state index is 5.91. The Balaban J connectivity index is 2.31. The van der Waals surface area contributed by atoms with E-state index in [0.29, 0.717) is 30.9 Å². The number of hydrogen-bond acceptors (Lipinski definition) is 3. The molecule has 0 unspecified atom stereocenters. The van der Waals surface area contributed by atoms with Gasteiger partial charge < -0.3 is 9.47 Å². The summed E-state index contributed by atoms with van der Waals surface area (Å²) in [5.41, 5.74) is 0.910. The Morgan fingerprint density at radius 3 is 2.30 bits per heavy atom. The van der Waals surface area contributed by atoms with Gasteiger partial charge in [-0.15, -0.1) is 0 Å². The van der Waals surface area contributed by atoms with Gasteiger partial charge in [0.2, 0.25) is 5.88 Å². The van der Waals surface area contributed by atoms with E-state index in [0.717, 1.165) is 16.7 Å². The number of ether oxygens (including phenoxy) is 2. The van der Waals surface area contributed by atoms with Crippen LogP contribution in [-0.4, -0.2) is 18.2 Å². The van der Waals surface area contributed by atoms with Crippen LogP contribution in [0.2, 0.25) is 0 Å². The van der Waals surface area contributed by atoms with E-state index < -0.39 is 0 Å². The van der Waals surface area contributed by atoms with Crippen LogP contribution in [0, 0.1) is 11.8 Å². The molecule has 0 fully saturated rings. The standard InChI is InChI=1S/C17H23NO2/c1-12(2)10-19-16-9-17(20-11-13(3)4)18-15-8-6-5-7-14(15)16/h5-9,12-13H,10-11H2,1-4H3. The molecule has 1 aromatic heterocycles. The van der Waals surface area contributed by atoms with Gasteiger partial charge in [0, 0.05) is 11.5 Å². The summed E-state index contributed by atoms with van der Waals surface area (Å²) in [5.74, 6) is 2.45. The SMILES string of the molecule is CC(C)COc1cc(OCC(C)C)c2ccccc2n1. The lowest BCUT2D eigenvalue weighted by molar-refractivity contribution is 0.253. The van der Waals surface area contributed by atoms with E-state index in [1.54, 1.807) is 0 Å². The van der Waals surface area contributed by atoms with Gasteiger partial charge in [-0.2, -0.15) is 0 Å². The molecule has 0 saturated carbocycles. The van der Waals surface area contributed by atoms with Crippen LogP contribution in [0.5, 0.6) is 11.6 Å². The quantitative estimate of drug-likeness (QED) is 0.786. The Hall–Kier alpha value is -1.77. The first-order chi connectivity index (χ1) is 9.56. The zero-order valence-corrected chi connectivity index (χ0v) is 12.7. The number of para-hydroxylation sites is 1. The van der Waals surface area contributed by atoms with Crippen molar-refractivity contribution in [3.8, 4) is 11.6 Å². The predicted molar refractivity (Wildman–Crippen MR) is 82.4 cm³/mol. The Labute approximate surface area is 120 Å². The van der Waals surface area contributed by atoms with Gasteiger partial charge in [0.05, 0.1) is 18.7 Å². The van der Waals surface area contributed by atoms with E-state index in [-0.39, 0.29) is 0 Å². The number of hydrogen-bond donors (Lipinski definition) is 0. The Kier molecular flexibility index (Phi) is 4.83. The topological polar surface area (TPSA) is 31.4 Å². The molecule has 20 heavy (non-hydrogen) atoms. The van der Waals surface area contributed by atoms with Crippen molar-refractivity contribution in [1.82, 2.24) is 4.98 Å². The van der Waals surface area contributed by atoms with Crippen molar-refractivity contribution in [2.75, 3.05) is 13.2 Å². The molecule has 1 heterocycles. The first kappa shape index (κ1) is 14.6. The third-order valence-electron chi connectivity index (χ3n) is 2.79. The minimum absolute atomic E-state index is 0.475. The molecule has 2 rings (SSSR count). The molecule has 0 spiro atoms. The van der Waals surface area contributed by atoms with Gasteiger partial charge in [0.15, 0.2) is 0 Å². The molecule has 0 aliphatic rings. The van der Waals surface area contributed by atoms with Gasteiger partial charge in [-0.05, 0) is 24.0 Å². The van der Waals surface area contributed by atoms with E-state index in [2.05, 4.69) is 32.7 Å². The summed E-state index contributed by atoms with van der Waals surface area (Å²) in [7, 11) is 0. The lowest BCUT2D eigenvalue weighted by Gasteiger charge is -2.14. The predicted octanol–water partition coefficient (Wildman–Crippen LogP) is 4.30. The molecule has 3 nitrogen and oxygen atoms in total. The van der Waals surface area contributed by atoms with Crippen LogP contribution in [0.15, 0.2) is 30.3 Å². The zero-order valence-electron chi connectivity index (χ0n) is 12.7. The molecular weight excluding hydrogens is 250 g/mol. The van der Waals surface area contributed by atoms with Crippen LogP contribution in [0.4, 0.5) is 0 Å². The molecule has 0 radical (unpaired) electrons. The summed E-state index contributed by atoms with van der Waals surface area (Å²) in [6.07, 6.45) is 0. The number of aromatic nitrogens is 1. The third-order valence-corrected chi connectivity index (χ3v) is 2.79. The van der Waals surface area contributed by atoms with E-state index in [1.807, 2.05) is 30.3 Å². The lowest BCUT2D eigenvalue weighted by Crippen LogP contribution is -2.08. The molecule has 1 aromatic carbocycles. The van der Waals surface area contributed by atoms with Crippen molar-refractivity contribution >= 4 is 10.9 Å². The second-order valence-corrected chi connectivity index (χ2v) is 5.89. The van der Waals surface area contributed by atoms with Crippen LogP contribution in [0.3, 0.4) is 0 Å². The summed E-state index contributed by atoms with van der Waals surface area (Å²) < 4.78 is 11.6. The van der Waals surface area contributed by atoms with Crippen LogP contribution in [0.25, 0.3) is 10.9 Å². The second kappa shape index (κ2) is 6.60. The Morgan fingerprint density at radius 2 is 1.60 bits per heavy atom. The van der Waals surface area contributed by atoms with Crippen molar-refractivity contribution in [2.24, 2.45) is 11.8 Å². The van der Waals surface area contributed by atoms with E-state index >= 15 is 0 Å². The van der Waals surface area contributed by atoms with Crippen molar-refractivity contribution in [2.45, 2.75) is 27.7 Å². The average Bonchev–Trinajstić information content (AvgIpc) is 2.42. The maximum Gasteiger partial charge on any atom is 0.217 e. The summed E-state index contributed by atoms with van der Waals surface area (Å²) >= 11 is 0. The molecule has 0 bridgehead atoms. The fourth-order valence-electron chi connectivity index (χ4n) is 1.82. The summed E-state index contributed by atoms with van der Waals surface area (Å²) in [4.78, 5) is 4.53. The molecular formula is C17H23NO2. The molecule has 0 N–H and O–H groups in total. The fraction of sp³-hybridized carbons (Fsp3) is 0.471. The van der Waals surface area contributed by atoms with E-state index in [9.17, 15) is 0 Å². The lowest BCUT2D eigenvalue weighted by atomic mass is 10.2. The van der Waals surface area contributed by atoms with Gasteiger partial charge in [0.25, 0.3) is 0 Å². The van der Waals surface area contributed by atoms with Crippen LogP contribution < -0.4 is 9.47 Å². The van der Waals surface area contributed by atoms with E-state index in [1.165, 1.54) is 0 Å². The van der Waals surface area contributed by atoms with E-state index in [4.69, 9.17) is 9.47 Å². The van der Waals surface area contributed by atoms with Gasteiger partial charge in [-0.25, -0.2) is 4.98 Å². The highest BCUT2D eigenvalue weighted by molar-refractivity contribution is 5.85. The third kappa shape index (κ3) is 3.86. The molecule has 0 saturated heterocycles. The van der Waals surface area contributed by atoms with Crippen molar-refractivity contribution < 1.29 is 9.47 Å². The second-order valence-electron chi connectivity index (χ2n) is 5.89. The maximum atomic E-state index is 5.91. The number of nitrogens with zero attached hydrogens (tertiary/aromatic N) is 1. The average molecular weight is 273 g/mol. The van der Waals surface area contributed by atoms with Gasteiger partial charge >= 0.3 is 0 Å². The van der Waals surface area contributed by atoms with Crippen LogP contribution in [0.1, 0.15) is 27.7 Å². The highest BCUT2D eigenvalue weighted by Gasteiger charge is 2.09. The van der Waals surface area contributed by atoms with Crippen molar-refractivity contribution in [3.05, 3.63) is 30.3 Å². The Morgan fingerprint density at radius 1 is 0.950 bits per heavy atom. The van der Waals surface area contributed by atoms with Gasteiger partial charge in [-0.3, -0.25) is 0 Å². The number of pyridine rings is 1. The Bertz CT molecular complexity index is 564.